The average molecular weight is 475 g/mol. The van der Waals surface area contributed by atoms with Gasteiger partial charge in [0.15, 0.2) is 0 Å². The highest BCUT2D eigenvalue weighted by Gasteiger charge is 2.46. The molecule has 1 fully saturated rings. The van der Waals surface area contributed by atoms with Crippen LogP contribution < -0.4 is 0 Å². The number of benzene rings is 2. The van der Waals surface area contributed by atoms with Gasteiger partial charge in [0.1, 0.15) is 24.7 Å². The lowest BCUT2D eigenvalue weighted by molar-refractivity contribution is -0.132. The third-order valence-electron chi connectivity index (χ3n) is 7.00. The van der Waals surface area contributed by atoms with Crippen molar-refractivity contribution in [1.29, 1.82) is 0 Å². The van der Waals surface area contributed by atoms with Gasteiger partial charge in [0.05, 0.1) is 11.8 Å². The van der Waals surface area contributed by atoms with Crippen LogP contribution >= 0.6 is 0 Å². The molecule has 1 heterocycles. The molecule has 5 nitrogen and oxygen atoms in total. The minimum Gasteiger partial charge on any atom is -0.493 e. The Morgan fingerprint density at radius 1 is 0.857 bits per heavy atom. The van der Waals surface area contributed by atoms with Crippen molar-refractivity contribution in [2.75, 3.05) is 32.7 Å². The van der Waals surface area contributed by atoms with Crippen molar-refractivity contribution >= 4 is 5.91 Å². The summed E-state index contributed by atoms with van der Waals surface area (Å²) in [6.07, 6.45) is 6.42. The Hall–Kier alpha value is -3.05. The van der Waals surface area contributed by atoms with Crippen LogP contribution in [0.2, 0.25) is 0 Å². The SMILES string of the molecule is CCN(CC)CCCN1CCC2(C=C(OCc3ccccc3)CC(OCc3ccccc3)=C2)C1=O. The highest BCUT2D eigenvalue weighted by Crippen LogP contribution is 2.42. The topological polar surface area (TPSA) is 42.0 Å². The van der Waals surface area contributed by atoms with Gasteiger partial charge in [-0.05, 0) is 55.8 Å². The zero-order valence-corrected chi connectivity index (χ0v) is 21.1. The Kier molecular flexibility index (Phi) is 8.64. The first kappa shape index (κ1) is 25.1. The van der Waals surface area contributed by atoms with Crippen molar-refractivity contribution in [2.45, 2.75) is 46.3 Å². The Morgan fingerprint density at radius 3 is 1.91 bits per heavy atom. The fraction of sp³-hybridized carbons (Fsp3) is 0.433. The number of rotatable bonds is 12. The summed E-state index contributed by atoms with van der Waals surface area (Å²) < 4.78 is 12.5. The molecule has 0 bridgehead atoms. The number of carbonyl (C=O) groups is 1. The largest absolute Gasteiger partial charge is 0.493 e. The number of carbonyl (C=O) groups excluding carboxylic acids is 1. The third-order valence-corrected chi connectivity index (χ3v) is 7.00. The molecule has 4 rings (SSSR count). The van der Waals surface area contributed by atoms with Gasteiger partial charge in [0.25, 0.3) is 0 Å². The molecule has 1 spiro atoms. The lowest BCUT2D eigenvalue weighted by Gasteiger charge is -2.29. The number of hydrogen-bond donors (Lipinski definition) is 0. The molecule has 5 heteroatoms. The van der Waals surface area contributed by atoms with Gasteiger partial charge in [0, 0.05) is 13.1 Å². The molecule has 2 aliphatic rings. The minimum atomic E-state index is -0.675. The molecule has 0 saturated carbocycles. The van der Waals surface area contributed by atoms with Gasteiger partial charge in [-0.15, -0.1) is 0 Å². The molecule has 2 aromatic rings. The maximum atomic E-state index is 13.6. The molecule has 1 saturated heterocycles. The Bertz CT molecular complexity index is 953. The van der Waals surface area contributed by atoms with E-state index in [1.165, 1.54) is 0 Å². The standard InChI is InChI=1S/C30H38N2O3/c1-3-31(4-2)17-11-18-32-19-16-30(29(32)33)21-27(34-23-25-12-7-5-8-13-25)20-28(22-30)35-24-26-14-9-6-10-15-26/h5-10,12-15,21-22H,3-4,11,16-20,23-24H2,1-2H3. The van der Waals surface area contributed by atoms with Gasteiger partial charge >= 0.3 is 0 Å². The highest BCUT2D eigenvalue weighted by molar-refractivity contribution is 5.89. The van der Waals surface area contributed by atoms with E-state index in [9.17, 15) is 4.79 Å². The number of nitrogens with zero attached hydrogens (tertiary/aromatic N) is 2. The summed E-state index contributed by atoms with van der Waals surface area (Å²) in [4.78, 5) is 18.1. The van der Waals surface area contributed by atoms with Crippen LogP contribution in [0.15, 0.2) is 84.3 Å². The predicted octanol–water partition coefficient (Wildman–Crippen LogP) is 5.54. The molecule has 2 aromatic carbocycles. The maximum absolute atomic E-state index is 13.6. The summed E-state index contributed by atoms with van der Waals surface area (Å²) in [6, 6.07) is 20.3. The second-order valence-electron chi connectivity index (χ2n) is 9.41. The van der Waals surface area contributed by atoms with Crippen molar-refractivity contribution in [2.24, 2.45) is 5.41 Å². The van der Waals surface area contributed by atoms with E-state index in [1.54, 1.807) is 0 Å². The molecule has 1 aliphatic carbocycles. The van der Waals surface area contributed by atoms with E-state index >= 15 is 0 Å². The van der Waals surface area contributed by atoms with Crippen molar-refractivity contribution < 1.29 is 14.3 Å². The van der Waals surface area contributed by atoms with Crippen molar-refractivity contribution in [3.8, 4) is 0 Å². The summed E-state index contributed by atoms with van der Waals surface area (Å²) in [7, 11) is 0. The van der Waals surface area contributed by atoms with Gasteiger partial charge in [-0.25, -0.2) is 0 Å². The van der Waals surface area contributed by atoms with Gasteiger partial charge in [0.2, 0.25) is 5.91 Å². The second-order valence-corrected chi connectivity index (χ2v) is 9.41. The Morgan fingerprint density at radius 2 is 1.40 bits per heavy atom. The van der Waals surface area contributed by atoms with Gasteiger partial charge in [-0.2, -0.15) is 0 Å². The van der Waals surface area contributed by atoms with E-state index in [-0.39, 0.29) is 5.91 Å². The lowest BCUT2D eigenvalue weighted by atomic mass is 9.81. The first-order valence-corrected chi connectivity index (χ1v) is 12.9. The molecule has 0 radical (unpaired) electrons. The molecule has 0 N–H and O–H groups in total. The van der Waals surface area contributed by atoms with Gasteiger partial charge in [-0.1, -0.05) is 74.5 Å². The number of amides is 1. The maximum Gasteiger partial charge on any atom is 0.236 e. The van der Waals surface area contributed by atoms with E-state index in [1.807, 2.05) is 41.3 Å². The zero-order valence-electron chi connectivity index (χ0n) is 21.1. The molecule has 0 atom stereocenters. The van der Waals surface area contributed by atoms with Crippen LogP contribution in [0.25, 0.3) is 0 Å². The van der Waals surface area contributed by atoms with E-state index in [0.717, 1.165) is 68.2 Å². The summed E-state index contributed by atoms with van der Waals surface area (Å²) in [5.74, 6) is 1.80. The van der Waals surface area contributed by atoms with Crippen molar-refractivity contribution in [3.63, 3.8) is 0 Å². The quantitative estimate of drug-likeness (QED) is 0.405. The predicted molar refractivity (Wildman–Crippen MR) is 139 cm³/mol. The van der Waals surface area contributed by atoms with Crippen LogP contribution in [0.3, 0.4) is 0 Å². The van der Waals surface area contributed by atoms with Crippen LogP contribution in [0.5, 0.6) is 0 Å². The lowest BCUT2D eigenvalue weighted by Crippen LogP contribution is -2.36. The van der Waals surface area contributed by atoms with E-state index in [0.29, 0.717) is 19.6 Å². The number of hydrogen-bond acceptors (Lipinski definition) is 4. The molecular formula is C30H38N2O3. The van der Waals surface area contributed by atoms with E-state index in [4.69, 9.17) is 9.47 Å². The van der Waals surface area contributed by atoms with Crippen molar-refractivity contribution in [3.05, 3.63) is 95.5 Å². The van der Waals surface area contributed by atoms with Crippen molar-refractivity contribution in [1.82, 2.24) is 9.80 Å². The van der Waals surface area contributed by atoms with E-state index < -0.39 is 5.41 Å². The van der Waals surface area contributed by atoms with Crippen LogP contribution in [-0.2, 0) is 27.5 Å². The Balaban J connectivity index is 1.47. The molecule has 0 aromatic heterocycles. The zero-order chi connectivity index (χ0) is 24.5. The van der Waals surface area contributed by atoms with Crippen LogP contribution in [0.4, 0.5) is 0 Å². The second kappa shape index (κ2) is 12.1. The van der Waals surface area contributed by atoms with E-state index in [2.05, 4.69) is 55.2 Å². The average Bonchev–Trinajstić information content (AvgIpc) is 3.19. The molecular weight excluding hydrogens is 436 g/mol. The normalized spacial score (nSPS) is 17.0. The number of ether oxygens (including phenoxy) is 2. The smallest absolute Gasteiger partial charge is 0.236 e. The number of likely N-dealkylation sites (tertiary alicyclic amines) is 1. The van der Waals surface area contributed by atoms with Crippen LogP contribution in [-0.4, -0.2) is 48.4 Å². The molecule has 35 heavy (non-hydrogen) atoms. The molecule has 186 valence electrons. The summed E-state index contributed by atoms with van der Waals surface area (Å²) in [5, 5.41) is 0. The summed E-state index contributed by atoms with van der Waals surface area (Å²) in [6.45, 7) is 10.0. The first-order valence-electron chi connectivity index (χ1n) is 12.9. The monoisotopic (exact) mass is 474 g/mol. The summed E-state index contributed by atoms with van der Waals surface area (Å²) in [5.41, 5.74) is 1.55. The minimum absolute atomic E-state index is 0.165. The molecule has 1 amide bonds. The van der Waals surface area contributed by atoms with Gasteiger partial charge < -0.3 is 19.3 Å². The van der Waals surface area contributed by atoms with Crippen LogP contribution in [0, 0.1) is 5.41 Å². The van der Waals surface area contributed by atoms with Gasteiger partial charge in [-0.3, -0.25) is 4.79 Å². The highest BCUT2D eigenvalue weighted by atomic mass is 16.5. The molecule has 0 unspecified atom stereocenters. The summed E-state index contributed by atoms with van der Waals surface area (Å²) >= 11 is 0. The third kappa shape index (κ3) is 6.55. The van der Waals surface area contributed by atoms with Crippen LogP contribution in [0.1, 0.15) is 44.2 Å². The fourth-order valence-electron chi connectivity index (χ4n) is 4.90. The fourth-order valence-corrected chi connectivity index (χ4v) is 4.90. The molecule has 1 aliphatic heterocycles. The Labute approximate surface area is 210 Å². The first-order chi connectivity index (χ1) is 17.1.